The summed E-state index contributed by atoms with van der Waals surface area (Å²) in [5, 5.41) is 3.05. The first-order valence-electron chi connectivity index (χ1n) is 12.7. The molecule has 0 aliphatic carbocycles. The second-order valence-electron chi connectivity index (χ2n) is 9.32. The largest absolute Gasteiger partial charge is 0.381 e. The summed E-state index contributed by atoms with van der Waals surface area (Å²) >= 11 is 0. The van der Waals surface area contributed by atoms with Crippen molar-refractivity contribution >= 4 is 24.0 Å². The second-order valence-corrected chi connectivity index (χ2v) is 9.32. The van der Waals surface area contributed by atoms with E-state index in [1.165, 1.54) is 0 Å². The number of rotatable bonds is 3. The number of hydrogen-bond acceptors (Lipinski definition) is 4. The maximum absolute atomic E-state index is 13.4. The lowest BCUT2D eigenvalue weighted by molar-refractivity contribution is 0.0845. The van der Waals surface area contributed by atoms with E-state index in [0.29, 0.717) is 17.2 Å². The molecular weight excluding hydrogens is 462 g/mol. The Morgan fingerprint density at radius 2 is 1.89 bits per heavy atom. The third kappa shape index (κ3) is 6.56. The van der Waals surface area contributed by atoms with Gasteiger partial charge in [-0.05, 0) is 88.1 Å². The molecule has 7 heteroatoms. The van der Waals surface area contributed by atoms with E-state index < -0.39 is 0 Å². The van der Waals surface area contributed by atoms with Crippen LogP contribution in [-0.2, 0) is 24.1 Å². The summed E-state index contributed by atoms with van der Waals surface area (Å²) in [7, 11) is 0. The molecule has 0 unspecified atom stereocenters. The molecule has 1 amide bonds. The number of allylic oxidation sites excluding steroid dienone is 2. The van der Waals surface area contributed by atoms with Gasteiger partial charge >= 0.3 is 0 Å². The van der Waals surface area contributed by atoms with Crippen molar-refractivity contribution in [2.75, 3.05) is 24.7 Å². The molecule has 2 aliphatic rings. The van der Waals surface area contributed by atoms with Crippen LogP contribution in [0.4, 0.5) is 5.69 Å². The zero-order valence-electron chi connectivity index (χ0n) is 20.9. The van der Waals surface area contributed by atoms with E-state index in [1.54, 1.807) is 0 Å². The second kappa shape index (κ2) is 12.9. The Labute approximate surface area is 214 Å². The van der Waals surface area contributed by atoms with Gasteiger partial charge in [0.2, 0.25) is 0 Å². The summed E-state index contributed by atoms with van der Waals surface area (Å²) in [5.41, 5.74) is 5.34. The number of amides is 1. The Kier molecular flexibility index (Phi) is 9.99. The SMILES string of the molecule is CCN(c1cccc2c1C/C=C\CCCCc1cc(C)[nH]c(=O)c1CNC2=O)C1CCOCC1.Cl. The van der Waals surface area contributed by atoms with Gasteiger partial charge in [0.15, 0.2) is 0 Å². The predicted octanol–water partition coefficient (Wildman–Crippen LogP) is 4.87. The number of nitrogens with one attached hydrogen (secondary N) is 2. The zero-order valence-corrected chi connectivity index (χ0v) is 21.7. The number of anilines is 1. The lowest BCUT2D eigenvalue weighted by atomic mass is 9.96. The molecule has 2 N–H and O–H groups in total. The smallest absolute Gasteiger partial charge is 0.253 e. The van der Waals surface area contributed by atoms with Gasteiger partial charge in [-0.15, -0.1) is 12.4 Å². The van der Waals surface area contributed by atoms with E-state index in [4.69, 9.17) is 4.74 Å². The number of ether oxygens (including phenoxy) is 1. The average Bonchev–Trinajstić information content (AvgIpc) is 2.84. The molecule has 3 heterocycles. The molecule has 1 aromatic heterocycles. The number of carbonyl (C=O) groups is 1. The Bertz CT molecular complexity index is 1090. The summed E-state index contributed by atoms with van der Waals surface area (Å²) in [6, 6.07) is 8.49. The number of pyridine rings is 1. The number of aryl methyl sites for hydroxylation is 2. The van der Waals surface area contributed by atoms with Crippen LogP contribution in [0.3, 0.4) is 0 Å². The molecular formula is C28H38ClN3O3. The topological polar surface area (TPSA) is 74.4 Å². The normalized spacial score (nSPS) is 18.3. The van der Waals surface area contributed by atoms with Gasteiger partial charge in [-0.2, -0.15) is 0 Å². The van der Waals surface area contributed by atoms with Crippen LogP contribution >= 0.6 is 12.4 Å². The highest BCUT2D eigenvalue weighted by molar-refractivity contribution is 5.97. The van der Waals surface area contributed by atoms with Crippen LogP contribution in [-0.4, -0.2) is 36.7 Å². The van der Waals surface area contributed by atoms with Crippen molar-refractivity contribution in [1.82, 2.24) is 10.3 Å². The van der Waals surface area contributed by atoms with Gasteiger partial charge < -0.3 is 19.9 Å². The fraction of sp³-hybridized carbons (Fsp3) is 0.500. The molecule has 6 nitrogen and oxygen atoms in total. The van der Waals surface area contributed by atoms with Crippen LogP contribution in [0.2, 0.25) is 0 Å². The van der Waals surface area contributed by atoms with Crippen molar-refractivity contribution in [3.63, 3.8) is 0 Å². The van der Waals surface area contributed by atoms with E-state index in [0.717, 1.165) is 87.2 Å². The Morgan fingerprint density at radius 1 is 1.09 bits per heavy atom. The fourth-order valence-electron chi connectivity index (χ4n) is 5.26. The van der Waals surface area contributed by atoms with Crippen LogP contribution in [0.15, 0.2) is 41.2 Å². The van der Waals surface area contributed by atoms with Crippen LogP contribution < -0.4 is 15.8 Å². The third-order valence-electron chi connectivity index (χ3n) is 7.02. The fourth-order valence-corrected chi connectivity index (χ4v) is 5.26. The van der Waals surface area contributed by atoms with E-state index >= 15 is 0 Å². The molecule has 0 bridgehead atoms. The highest BCUT2D eigenvalue weighted by Crippen LogP contribution is 2.30. The molecule has 0 saturated carbocycles. The molecule has 190 valence electrons. The van der Waals surface area contributed by atoms with Gasteiger partial charge in [-0.3, -0.25) is 9.59 Å². The average molecular weight is 500 g/mol. The first-order valence-corrected chi connectivity index (χ1v) is 12.7. The van der Waals surface area contributed by atoms with E-state index in [1.807, 2.05) is 25.1 Å². The third-order valence-corrected chi connectivity index (χ3v) is 7.02. The minimum atomic E-state index is -0.128. The zero-order chi connectivity index (χ0) is 23.9. The van der Waals surface area contributed by atoms with Gasteiger partial charge in [0.05, 0.1) is 0 Å². The Morgan fingerprint density at radius 3 is 2.66 bits per heavy atom. The number of fused-ring (bicyclic) bond motifs is 2. The van der Waals surface area contributed by atoms with Crippen molar-refractivity contribution in [2.45, 2.75) is 71.4 Å². The Balaban J connectivity index is 0.00000342. The number of aromatic amines is 1. The quantitative estimate of drug-likeness (QED) is 0.591. The number of halogens is 1. The lowest BCUT2D eigenvalue weighted by Gasteiger charge is -2.37. The van der Waals surface area contributed by atoms with Crippen LogP contribution in [0.5, 0.6) is 0 Å². The van der Waals surface area contributed by atoms with Crippen molar-refractivity contribution in [3.8, 4) is 0 Å². The number of carbonyl (C=O) groups excluding carboxylic acids is 1. The number of H-pyrrole nitrogens is 1. The van der Waals surface area contributed by atoms with Gasteiger partial charge in [0, 0.05) is 54.9 Å². The van der Waals surface area contributed by atoms with Gasteiger partial charge in [0.1, 0.15) is 0 Å². The molecule has 1 saturated heterocycles. The maximum Gasteiger partial charge on any atom is 0.253 e. The van der Waals surface area contributed by atoms with E-state index in [2.05, 4.69) is 40.3 Å². The molecule has 1 fully saturated rings. The van der Waals surface area contributed by atoms with Crippen molar-refractivity contribution in [2.24, 2.45) is 0 Å². The van der Waals surface area contributed by atoms with Gasteiger partial charge in [0.25, 0.3) is 11.5 Å². The maximum atomic E-state index is 13.4. The van der Waals surface area contributed by atoms with Crippen molar-refractivity contribution < 1.29 is 9.53 Å². The summed E-state index contributed by atoms with van der Waals surface area (Å²) in [4.78, 5) is 31.5. The molecule has 1 aromatic carbocycles. The number of hydrogen-bond donors (Lipinski definition) is 2. The first-order chi connectivity index (χ1) is 16.6. The van der Waals surface area contributed by atoms with E-state index in [-0.39, 0.29) is 30.4 Å². The summed E-state index contributed by atoms with van der Waals surface area (Å²) < 4.78 is 5.59. The van der Waals surface area contributed by atoms with E-state index in [9.17, 15) is 9.59 Å². The van der Waals surface area contributed by atoms with Crippen LogP contribution in [0, 0.1) is 6.92 Å². The highest BCUT2D eigenvalue weighted by Gasteiger charge is 2.25. The summed E-state index contributed by atoms with van der Waals surface area (Å²) in [5.74, 6) is -0.128. The number of aromatic nitrogens is 1. The molecule has 0 spiro atoms. The number of benzene rings is 1. The molecule has 4 rings (SSSR count). The molecule has 35 heavy (non-hydrogen) atoms. The highest BCUT2D eigenvalue weighted by atomic mass is 35.5. The molecule has 2 aromatic rings. The van der Waals surface area contributed by atoms with Crippen molar-refractivity contribution in [3.05, 3.63) is 74.7 Å². The summed E-state index contributed by atoms with van der Waals surface area (Å²) in [6.07, 6.45) is 11.1. The first kappa shape index (κ1) is 27.0. The summed E-state index contributed by atoms with van der Waals surface area (Å²) in [6.45, 7) is 6.77. The lowest BCUT2D eigenvalue weighted by Crippen LogP contribution is -2.40. The van der Waals surface area contributed by atoms with Crippen LogP contribution in [0.1, 0.15) is 71.8 Å². The molecule has 0 atom stereocenters. The Hall–Kier alpha value is -2.57. The van der Waals surface area contributed by atoms with Crippen LogP contribution in [0.25, 0.3) is 0 Å². The van der Waals surface area contributed by atoms with Gasteiger partial charge in [-0.25, -0.2) is 0 Å². The monoisotopic (exact) mass is 499 g/mol. The standard InChI is InChI=1S/C28H37N3O3.ClH/c1-3-31(22-14-16-34-17-15-22)26-13-9-12-24-23(26)11-8-6-4-5-7-10-21-18-20(2)30-28(33)25(21)19-29-27(24)32;/h6,8-9,12-13,18,22H,3-5,7,10-11,14-17,19H2,1-2H3,(H,29,32)(H,30,33);1H/b8-6-;. The number of nitrogens with zero attached hydrogens (tertiary/aromatic N) is 1. The molecule has 2 aliphatic heterocycles. The van der Waals surface area contributed by atoms with Crippen molar-refractivity contribution in [1.29, 1.82) is 0 Å². The van der Waals surface area contributed by atoms with Gasteiger partial charge in [-0.1, -0.05) is 18.2 Å². The minimum Gasteiger partial charge on any atom is -0.381 e. The molecule has 0 radical (unpaired) electrons. The minimum absolute atomic E-state index is 0. The predicted molar refractivity (Wildman–Crippen MR) is 144 cm³/mol.